The van der Waals surface area contributed by atoms with E-state index in [9.17, 15) is 24.6 Å². The van der Waals surface area contributed by atoms with Crippen LogP contribution in [0.3, 0.4) is 0 Å². The number of aliphatic carboxylic acids is 1. The number of carbonyl (C=O) groups excluding carboxylic acids is 2. The molecular formula is C27H28N2O6S. The summed E-state index contributed by atoms with van der Waals surface area (Å²) in [7, 11) is 0. The van der Waals surface area contributed by atoms with E-state index in [1.807, 2.05) is 60.7 Å². The minimum atomic E-state index is -1.22. The summed E-state index contributed by atoms with van der Waals surface area (Å²) in [5, 5.41) is 24.2. The van der Waals surface area contributed by atoms with Gasteiger partial charge in [0.2, 0.25) is 5.91 Å². The largest absolute Gasteiger partial charge is 0.508 e. The van der Waals surface area contributed by atoms with Crippen molar-refractivity contribution in [1.29, 1.82) is 0 Å². The number of carboxylic acids is 1. The summed E-state index contributed by atoms with van der Waals surface area (Å²) in [6.45, 7) is 0.0385. The summed E-state index contributed by atoms with van der Waals surface area (Å²) in [5.41, 5.74) is 2.49. The molecule has 8 nitrogen and oxygen atoms in total. The molecule has 0 heterocycles. The Labute approximate surface area is 213 Å². The van der Waals surface area contributed by atoms with Crippen LogP contribution in [-0.2, 0) is 33.1 Å². The van der Waals surface area contributed by atoms with Crippen molar-refractivity contribution in [2.24, 2.45) is 0 Å². The first-order chi connectivity index (χ1) is 17.4. The second-order valence-electron chi connectivity index (χ2n) is 8.03. The van der Waals surface area contributed by atoms with E-state index in [0.29, 0.717) is 11.3 Å². The molecule has 0 unspecified atom stereocenters. The van der Waals surface area contributed by atoms with Gasteiger partial charge in [0.15, 0.2) is 0 Å². The highest BCUT2D eigenvalue weighted by Gasteiger charge is 2.27. The van der Waals surface area contributed by atoms with Gasteiger partial charge in [0.05, 0.1) is 0 Å². The highest BCUT2D eigenvalue weighted by Crippen LogP contribution is 2.15. The summed E-state index contributed by atoms with van der Waals surface area (Å²) < 4.78 is 5.25. The maximum absolute atomic E-state index is 13.1. The van der Waals surface area contributed by atoms with Gasteiger partial charge in [-0.2, -0.15) is 11.8 Å². The summed E-state index contributed by atoms with van der Waals surface area (Å²) in [4.78, 5) is 37.3. The zero-order chi connectivity index (χ0) is 25.8. The van der Waals surface area contributed by atoms with Crippen molar-refractivity contribution < 1.29 is 29.3 Å². The van der Waals surface area contributed by atoms with Crippen LogP contribution < -0.4 is 10.6 Å². The number of ether oxygens (including phenoxy) is 1. The van der Waals surface area contributed by atoms with Gasteiger partial charge in [-0.3, -0.25) is 4.79 Å². The van der Waals surface area contributed by atoms with Crippen LogP contribution in [0.2, 0.25) is 0 Å². The van der Waals surface area contributed by atoms with Crippen molar-refractivity contribution in [3.8, 4) is 5.75 Å². The molecule has 0 saturated carbocycles. The van der Waals surface area contributed by atoms with Crippen molar-refractivity contribution >= 4 is 29.7 Å². The molecule has 188 valence electrons. The number of carbonyl (C=O) groups is 3. The number of aromatic hydroxyl groups is 1. The Hall–Kier alpha value is -3.98. The van der Waals surface area contributed by atoms with Crippen LogP contribution in [0.15, 0.2) is 84.9 Å². The summed E-state index contributed by atoms with van der Waals surface area (Å²) in [6.07, 6.45) is -0.756. The number of benzene rings is 3. The molecule has 4 N–H and O–H groups in total. The van der Waals surface area contributed by atoms with Crippen molar-refractivity contribution in [1.82, 2.24) is 10.6 Å². The maximum Gasteiger partial charge on any atom is 0.408 e. The smallest absolute Gasteiger partial charge is 0.408 e. The van der Waals surface area contributed by atoms with E-state index in [1.165, 1.54) is 23.9 Å². The second kappa shape index (κ2) is 13.8. The molecule has 9 heteroatoms. The van der Waals surface area contributed by atoms with Crippen molar-refractivity contribution in [3.05, 3.63) is 102 Å². The van der Waals surface area contributed by atoms with E-state index < -0.39 is 30.1 Å². The fourth-order valence-electron chi connectivity index (χ4n) is 3.30. The molecule has 2 amide bonds. The van der Waals surface area contributed by atoms with E-state index in [1.54, 1.807) is 12.1 Å². The molecule has 0 radical (unpaired) electrons. The number of hydrogen-bond donors (Lipinski definition) is 4. The number of rotatable bonds is 12. The van der Waals surface area contributed by atoms with Crippen molar-refractivity contribution in [3.63, 3.8) is 0 Å². The van der Waals surface area contributed by atoms with Gasteiger partial charge in [-0.1, -0.05) is 72.8 Å². The van der Waals surface area contributed by atoms with E-state index >= 15 is 0 Å². The topological polar surface area (TPSA) is 125 Å². The van der Waals surface area contributed by atoms with E-state index in [-0.39, 0.29) is 24.5 Å². The molecule has 36 heavy (non-hydrogen) atoms. The second-order valence-corrected chi connectivity index (χ2v) is 9.06. The predicted molar refractivity (Wildman–Crippen MR) is 138 cm³/mol. The molecule has 2 atom stereocenters. The molecule has 0 bridgehead atoms. The predicted octanol–water partition coefficient (Wildman–Crippen LogP) is 3.73. The molecular weight excluding hydrogens is 480 g/mol. The van der Waals surface area contributed by atoms with Crippen LogP contribution in [-0.4, -0.2) is 46.0 Å². The van der Waals surface area contributed by atoms with Gasteiger partial charge < -0.3 is 25.6 Å². The third-order valence-electron chi connectivity index (χ3n) is 5.21. The van der Waals surface area contributed by atoms with Gasteiger partial charge in [-0.15, -0.1) is 0 Å². The van der Waals surface area contributed by atoms with Crippen LogP contribution >= 0.6 is 11.8 Å². The number of phenols is 1. The fraction of sp³-hybridized carbons (Fsp3) is 0.222. The molecule has 0 spiro atoms. The normalized spacial score (nSPS) is 12.2. The third kappa shape index (κ3) is 8.99. The number of hydrogen-bond acceptors (Lipinski definition) is 6. The number of carboxylic acid groups (broad SMARTS) is 1. The van der Waals surface area contributed by atoms with Crippen LogP contribution in [0.4, 0.5) is 4.79 Å². The van der Waals surface area contributed by atoms with E-state index in [2.05, 4.69) is 10.6 Å². The average Bonchev–Trinajstić information content (AvgIpc) is 2.89. The van der Waals surface area contributed by atoms with Crippen LogP contribution in [0.5, 0.6) is 5.75 Å². The summed E-state index contributed by atoms with van der Waals surface area (Å²) in [5.74, 6) is -0.950. The molecule has 0 fully saturated rings. The van der Waals surface area contributed by atoms with Gasteiger partial charge in [-0.25, -0.2) is 9.59 Å². The Morgan fingerprint density at radius 1 is 0.778 bits per heavy atom. The number of phenolic OH excluding ortho intramolecular Hbond substituents is 1. The first-order valence-electron chi connectivity index (χ1n) is 11.3. The minimum Gasteiger partial charge on any atom is -0.508 e. The highest BCUT2D eigenvalue weighted by molar-refractivity contribution is 7.98. The van der Waals surface area contributed by atoms with Gasteiger partial charge in [0, 0.05) is 17.9 Å². The SMILES string of the molecule is O=C(N[C@H](CSCc1ccccc1)C(=O)N[C@@H](Cc1ccc(O)cc1)C(=O)O)OCc1ccccc1. The number of amides is 2. The fourth-order valence-corrected chi connectivity index (χ4v) is 4.32. The summed E-state index contributed by atoms with van der Waals surface area (Å²) >= 11 is 1.43. The standard InChI is InChI=1S/C27H28N2O6S/c30-22-13-11-19(12-14-22)15-23(26(32)33)28-25(31)24(18-36-17-21-9-5-2-6-10-21)29-27(34)35-16-20-7-3-1-4-8-20/h1-14,23-24,30H,15-18H2,(H,28,31)(H,29,34)(H,32,33)/t23-,24+/m0/s1. The average molecular weight is 509 g/mol. The zero-order valence-electron chi connectivity index (χ0n) is 19.5. The Morgan fingerprint density at radius 3 is 2.00 bits per heavy atom. The molecule has 3 rings (SSSR count). The lowest BCUT2D eigenvalue weighted by Crippen LogP contribution is -2.53. The van der Waals surface area contributed by atoms with Gasteiger partial charge >= 0.3 is 12.1 Å². The van der Waals surface area contributed by atoms with E-state index in [0.717, 1.165) is 11.1 Å². The zero-order valence-corrected chi connectivity index (χ0v) is 20.3. The Morgan fingerprint density at radius 2 is 1.39 bits per heavy atom. The Balaban J connectivity index is 1.63. The first-order valence-corrected chi connectivity index (χ1v) is 12.5. The molecule has 0 aromatic heterocycles. The van der Waals surface area contributed by atoms with E-state index in [4.69, 9.17) is 4.74 Å². The lowest BCUT2D eigenvalue weighted by atomic mass is 10.1. The third-order valence-corrected chi connectivity index (χ3v) is 6.31. The number of alkyl carbamates (subject to hydrolysis) is 1. The Kier molecular flexibility index (Phi) is 10.2. The van der Waals surface area contributed by atoms with Crippen LogP contribution in [0, 0.1) is 0 Å². The minimum absolute atomic E-state index is 0.0175. The molecule has 3 aromatic carbocycles. The number of nitrogens with one attached hydrogen (secondary N) is 2. The van der Waals surface area contributed by atoms with Gasteiger partial charge in [0.1, 0.15) is 24.4 Å². The Bertz CT molecular complexity index is 1130. The quantitative estimate of drug-likeness (QED) is 0.294. The first kappa shape index (κ1) is 26.6. The molecule has 0 aliphatic heterocycles. The molecule has 0 aliphatic carbocycles. The molecule has 3 aromatic rings. The van der Waals surface area contributed by atoms with Gasteiger partial charge in [0.25, 0.3) is 0 Å². The van der Waals surface area contributed by atoms with Crippen LogP contribution in [0.25, 0.3) is 0 Å². The van der Waals surface area contributed by atoms with Crippen molar-refractivity contribution in [2.45, 2.75) is 30.9 Å². The highest BCUT2D eigenvalue weighted by atomic mass is 32.2. The lowest BCUT2D eigenvalue weighted by Gasteiger charge is -2.21. The van der Waals surface area contributed by atoms with Gasteiger partial charge in [-0.05, 0) is 28.8 Å². The van der Waals surface area contributed by atoms with Crippen LogP contribution in [0.1, 0.15) is 16.7 Å². The molecule has 0 saturated heterocycles. The monoisotopic (exact) mass is 508 g/mol. The summed E-state index contributed by atoms with van der Waals surface area (Å²) in [6, 6.07) is 22.6. The van der Waals surface area contributed by atoms with Crippen molar-refractivity contribution in [2.75, 3.05) is 5.75 Å². The maximum atomic E-state index is 13.1. The number of thioether (sulfide) groups is 1. The molecule has 0 aliphatic rings. The lowest BCUT2D eigenvalue weighted by molar-refractivity contribution is -0.142.